The molecule has 1 aliphatic heterocycles. The van der Waals surface area contributed by atoms with Crippen LogP contribution in [-0.4, -0.2) is 34.9 Å². The average Bonchev–Trinajstić information content (AvgIpc) is 2.83. The van der Waals surface area contributed by atoms with Gasteiger partial charge in [0.05, 0.1) is 6.04 Å². The summed E-state index contributed by atoms with van der Waals surface area (Å²) in [6, 6.07) is 21.5. The van der Waals surface area contributed by atoms with Gasteiger partial charge in [0, 0.05) is 18.8 Å². The molecule has 0 unspecified atom stereocenters. The maximum Gasteiger partial charge on any atom is 0.243 e. The Morgan fingerprint density at radius 1 is 0.839 bits per heavy atom. The number of hydrogen-bond acceptors (Lipinski definition) is 4. The summed E-state index contributed by atoms with van der Waals surface area (Å²) in [7, 11) is 0. The highest BCUT2D eigenvalue weighted by atomic mass is 16.5. The lowest BCUT2D eigenvalue weighted by atomic mass is 9.87. The fourth-order valence-electron chi connectivity index (χ4n) is 4.56. The number of Topliss-reactive ketones (excluding diaryl/α,β-unsaturated/α-hetero) is 1. The molecule has 1 saturated heterocycles. The summed E-state index contributed by atoms with van der Waals surface area (Å²) >= 11 is 0. The molecule has 0 bridgehead atoms. The van der Waals surface area contributed by atoms with E-state index in [4.69, 9.17) is 5.21 Å². The lowest BCUT2D eigenvalue weighted by Crippen LogP contribution is -2.39. The van der Waals surface area contributed by atoms with Gasteiger partial charge in [0.2, 0.25) is 5.91 Å². The number of nitrogens with zero attached hydrogens (tertiary/aromatic N) is 1. The Bertz CT molecular complexity index is 762. The second-order valence-corrected chi connectivity index (χ2v) is 8.45. The molecule has 2 aromatic rings. The average molecular weight is 423 g/mol. The molecule has 1 aliphatic rings. The summed E-state index contributed by atoms with van der Waals surface area (Å²) < 4.78 is 0. The number of rotatable bonds is 11. The highest BCUT2D eigenvalue weighted by Crippen LogP contribution is 2.32. The number of nitrogens with one attached hydrogen (secondary N) is 1. The minimum absolute atomic E-state index is 0.170. The molecule has 3 rings (SSSR count). The second-order valence-electron chi connectivity index (χ2n) is 8.45. The van der Waals surface area contributed by atoms with Crippen LogP contribution in [0.5, 0.6) is 0 Å². The number of hydroxylamine groups is 1. The van der Waals surface area contributed by atoms with Crippen LogP contribution in [0.4, 0.5) is 0 Å². The first-order chi connectivity index (χ1) is 15.2. The van der Waals surface area contributed by atoms with Crippen LogP contribution in [0, 0.1) is 5.92 Å². The number of unbranched alkanes of at least 4 members (excludes halogenated alkanes) is 3. The van der Waals surface area contributed by atoms with Crippen LogP contribution in [0.3, 0.4) is 0 Å². The normalized spacial score (nSPS) is 15.2. The molecule has 166 valence electrons. The van der Waals surface area contributed by atoms with E-state index < -0.39 is 0 Å². The zero-order valence-electron chi connectivity index (χ0n) is 18.2. The van der Waals surface area contributed by atoms with Crippen LogP contribution < -0.4 is 5.48 Å². The quantitative estimate of drug-likeness (QED) is 0.307. The summed E-state index contributed by atoms with van der Waals surface area (Å²) in [5.74, 6) is 0.222. The Labute approximate surface area is 185 Å². The number of carbonyl (C=O) groups excluding carboxylic acids is 2. The van der Waals surface area contributed by atoms with Crippen molar-refractivity contribution < 1.29 is 14.8 Å². The molecule has 5 heteroatoms. The molecule has 31 heavy (non-hydrogen) atoms. The Hall–Kier alpha value is -2.50. The molecule has 1 amide bonds. The highest BCUT2D eigenvalue weighted by Gasteiger charge is 2.29. The highest BCUT2D eigenvalue weighted by molar-refractivity contribution is 5.81. The largest absolute Gasteiger partial charge is 0.299 e. The third-order valence-corrected chi connectivity index (χ3v) is 6.28. The van der Waals surface area contributed by atoms with Gasteiger partial charge in [-0.2, -0.15) is 0 Å². The van der Waals surface area contributed by atoms with Crippen molar-refractivity contribution in [1.29, 1.82) is 0 Å². The van der Waals surface area contributed by atoms with Crippen molar-refractivity contribution in [3.63, 3.8) is 0 Å². The smallest absolute Gasteiger partial charge is 0.243 e. The second kappa shape index (κ2) is 12.4. The predicted octanol–water partition coefficient (Wildman–Crippen LogP) is 4.90. The van der Waals surface area contributed by atoms with Gasteiger partial charge in [0.25, 0.3) is 0 Å². The minimum atomic E-state index is -0.341. The van der Waals surface area contributed by atoms with E-state index in [0.717, 1.165) is 51.6 Å². The van der Waals surface area contributed by atoms with Crippen molar-refractivity contribution in [3.8, 4) is 0 Å². The third kappa shape index (κ3) is 7.01. The monoisotopic (exact) mass is 422 g/mol. The molecule has 0 spiro atoms. The Kier molecular flexibility index (Phi) is 9.25. The van der Waals surface area contributed by atoms with Crippen molar-refractivity contribution in [3.05, 3.63) is 71.8 Å². The van der Waals surface area contributed by atoms with Gasteiger partial charge in [0.15, 0.2) is 0 Å². The van der Waals surface area contributed by atoms with E-state index in [9.17, 15) is 9.59 Å². The topological polar surface area (TPSA) is 69.6 Å². The van der Waals surface area contributed by atoms with Gasteiger partial charge in [-0.3, -0.25) is 19.7 Å². The first kappa shape index (κ1) is 23.2. The molecular formula is C26H34N2O3. The predicted molar refractivity (Wildman–Crippen MR) is 122 cm³/mol. The van der Waals surface area contributed by atoms with E-state index in [1.54, 1.807) is 5.48 Å². The number of ketones is 1. The summed E-state index contributed by atoms with van der Waals surface area (Å²) in [6.07, 6.45) is 6.32. The van der Waals surface area contributed by atoms with E-state index in [2.05, 4.69) is 65.6 Å². The van der Waals surface area contributed by atoms with Crippen LogP contribution in [0.2, 0.25) is 0 Å². The standard InChI is InChI=1S/C26H34N2O3/c29-24(15-9-1-2-10-16-25(30)27-31)21-17-19-28(20-18-21)26(22-11-5-3-6-12-22)23-13-7-4-8-14-23/h3-8,11-14,21,26,31H,1-2,9-10,15-20H2,(H,27,30). The van der Waals surface area contributed by atoms with Crippen LogP contribution >= 0.6 is 0 Å². The molecule has 1 fully saturated rings. The molecule has 0 radical (unpaired) electrons. The van der Waals surface area contributed by atoms with Crippen molar-refractivity contribution in [2.45, 2.75) is 57.4 Å². The number of carbonyl (C=O) groups is 2. The lowest BCUT2D eigenvalue weighted by Gasteiger charge is -2.37. The van der Waals surface area contributed by atoms with Crippen LogP contribution in [-0.2, 0) is 9.59 Å². The van der Waals surface area contributed by atoms with Crippen LogP contribution in [0.25, 0.3) is 0 Å². The number of amides is 1. The summed E-state index contributed by atoms with van der Waals surface area (Å²) in [5.41, 5.74) is 4.25. The molecule has 1 heterocycles. The summed E-state index contributed by atoms with van der Waals surface area (Å²) in [6.45, 7) is 1.86. The Morgan fingerprint density at radius 3 is 1.87 bits per heavy atom. The Balaban J connectivity index is 1.47. The van der Waals surface area contributed by atoms with E-state index in [1.807, 2.05) is 0 Å². The van der Waals surface area contributed by atoms with Gasteiger partial charge in [-0.1, -0.05) is 73.5 Å². The number of benzene rings is 2. The summed E-state index contributed by atoms with van der Waals surface area (Å²) in [5, 5.41) is 8.49. The van der Waals surface area contributed by atoms with E-state index in [0.29, 0.717) is 18.6 Å². The van der Waals surface area contributed by atoms with Gasteiger partial charge < -0.3 is 0 Å². The first-order valence-corrected chi connectivity index (χ1v) is 11.5. The van der Waals surface area contributed by atoms with Gasteiger partial charge in [0.1, 0.15) is 5.78 Å². The number of likely N-dealkylation sites (tertiary alicyclic amines) is 1. The molecule has 0 aliphatic carbocycles. The third-order valence-electron chi connectivity index (χ3n) is 6.28. The fraction of sp³-hybridized carbons (Fsp3) is 0.462. The molecule has 0 atom stereocenters. The van der Waals surface area contributed by atoms with E-state index in [-0.39, 0.29) is 17.9 Å². The molecule has 5 nitrogen and oxygen atoms in total. The van der Waals surface area contributed by atoms with Crippen molar-refractivity contribution in [2.24, 2.45) is 5.92 Å². The zero-order valence-corrected chi connectivity index (χ0v) is 18.2. The zero-order chi connectivity index (χ0) is 21.9. The molecule has 2 N–H and O–H groups in total. The van der Waals surface area contributed by atoms with E-state index in [1.165, 1.54) is 11.1 Å². The van der Waals surface area contributed by atoms with Crippen molar-refractivity contribution >= 4 is 11.7 Å². The molecule has 0 saturated carbocycles. The lowest BCUT2D eigenvalue weighted by molar-refractivity contribution is -0.129. The SMILES string of the molecule is O=C(CCCCCCC(=O)C1CCN(C(c2ccccc2)c2ccccc2)CC1)NO. The number of hydrogen-bond donors (Lipinski definition) is 2. The Morgan fingerprint density at radius 2 is 1.35 bits per heavy atom. The maximum atomic E-state index is 12.7. The molecule has 0 aromatic heterocycles. The maximum absolute atomic E-state index is 12.7. The van der Waals surface area contributed by atoms with Gasteiger partial charge in [-0.25, -0.2) is 5.48 Å². The van der Waals surface area contributed by atoms with Crippen molar-refractivity contribution in [2.75, 3.05) is 13.1 Å². The van der Waals surface area contributed by atoms with Gasteiger partial charge in [-0.05, 0) is 49.9 Å². The molecule has 2 aromatic carbocycles. The number of piperidine rings is 1. The van der Waals surface area contributed by atoms with E-state index >= 15 is 0 Å². The first-order valence-electron chi connectivity index (χ1n) is 11.5. The van der Waals surface area contributed by atoms with Crippen molar-refractivity contribution in [1.82, 2.24) is 10.4 Å². The van der Waals surface area contributed by atoms with Gasteiger partial charge >= 0.3 is 0 Å². The van der Waals surface area contributed by atoms with Crippen LogP contribution in [0.15, 0.2) is 60.7 Å². The fourth-order valence-corrected chi connectivity index (χ4v) is 4.56. The minimum Gasteiger partial charge on any atom is -0.299 e. The summed E-state index contributed by atoms with van der Waals surface area (Å²) in [4.78, 5) is 26.2. The van der Waals surface area contributed by atoms with Crippen LogP contribution in [0.1, 0.15) is 68.5 Å². The molecular weight excluding hydrogens is 388 g/mol. The van der Waals surface area contributed by atoms with Gasteiger partial charge in [-0.15, -0.1) is 0 Å².